The van der Waals surface area contributed by atoms with Crippen molar-refractivity contribution in [1.82, 2.24) is 9.55 Å². The highest BCUT2D eigenvalue weighted by atomic mass is 16.5. The maximum Gasteiger partial charge on any atom is 0.185 e. The zero-order chi connectivity index (χ0) is 20.2. The molecule has 0 spiro atoms. The van der Waals surface area contributed by atoms with Crippen molar-refractivity contribution in [3.63, 3.8) is 0 Å². The first-order valence-corrected chi connectivity index (χ1v) is 9.16. The van der Waals surface area contributed by atoms with Crippen molar-refractivity contribution in [1.29, 1.82) is 0 Å². The molecule has 5 nitrogen and oxygen atoms in total. The number of aromatic nitrogens is 2. The van der Waals surface area contributed by atoms with E-state index in [9.17, 15) is 4.79 Å². The van der Waals surface area contributed by atoms with Crippen LogP contribution in [0.15, 0.2) is 79.1 Å². The molecule has 3 aromatic carbocycles. The summed E-state index contributed by atoms with van der Waals surface area (Å²) in [5.74, 6) is 1.21. The summed E-state index contributed by atoms with van der Waals surface area (Å²) in [6.07, 6.45) is 5.11. The average molecular weight is 384 g/mol. The van der Waals surface area contributed by atoms with Crippen LogP contribution in [0.25, 0.3) is 22.8 Å². The lowest BCUT2D eigenvalue weighted by molar-refractivity contribution is 0.104. The van der Waals surface area contributed by atoms with Gasteiger partial charge in [0.1, 0.15) is 6.33 Å². The number of hydrogen-bond donors (Lipinski definition) is 0. The fourth-order valence-electron chi connectivity index (χ4n) is 3.18. The van der Waals surface area contributed by atoms with E-state index in [0.717, 1.165) is 22.3 Å². The molecule has 4 aromatic rings. The Morgan fingerprint density at radius 2 is 1.69 bits per heavy atom. The predicted molar refractivity (Wildman–Crippen MR) is 114 cm³/mol. The van der Waals surface area contributed by atoms with E-state index in [4.69, 9.17) is 9.47 Å². The summed E-state index contributed by atoms with van der Waals surface area (Å²) in [6.45, 7) is 0. The number of carbonyl (C=O) groups excluding carboxylic acids is 1. The average Bonchev–Trinajstić information content (AvgIpc) is 3.21. The van der Waals surface area contributed by atoms with E-state index in [1.165, 1.54) is 0 Å². The standard InChI is InChI=1S/C24H20N2O3/c1-28-23-14-8-17(15-24(23)29-2)7-13-22(27)18-9-11-19(12-10-18)26-16-25-20-5-3-4-6-21(20)26/h3-16H,1-2H3/b13-7+. The monoisotopic (exact) mass is 384 g/mol. The van der Waals surface area contributed by atoms with Gasteiger partial charge in [-0.05, 0) is 60.2 Å². The molecule has 4 rings (SSSR count). The van der Waals surface area contributed by atoms with Crippen LogP contribution >= 0.6 is 0 Å². The van der Waals surface area contributed by atoms with Gasteiger partial charge in [0.05, 0.1) is 25.3 Å². The number of rotatable bonds is 6. The molecule has 0 aliphatic heterocycles. The number of allylic oxidation sites excluding steroid dienone is 1. The summed E-state index contributed by atoms with van der Waals surface area (Å²) in [5.41, 5.74) is 4.40. The van der Waals surface area contributed by atoms with E-state index in [-0.39, 0.29) is 5.78 Å². The Hall–Kier alpha value is -3.86. The van der Waals surface area contributed by atoms with Crippen LogP contribution in [-0.4, -0.2) is 29.6 Å². The van der Waals surface area contributed by atoms with Crippen LogP contribution in [0.1, 0.15) is 15.9 Å². The molecular weight excluding hydrogens is 364 g/mol. The fraction of sp³-hybridized carbons (Fsp3) is 0.0833. The lowest BCUT2D eigenvalue weighted by atomic mass is 10.1. The molecule has 1 heterocycles. The molecule has 0 saturated carbocycles. The number of para-hydroxylation sites is 2. The number of methoxy groups -OCH3 is 2. The normalized spacial score (nSPS) is 11.1. The lowest BCUT2D eigenvalue weighted by Crippen LogP contribution is -1.97. The van der Waals surface area contributed by atoms with E-state index in [0.29, 0.717) is 17.1 Å². The molecular formula is C24H20N2O3. The number of imidazole rings is 1. The summed E-state index contributed by atoms with van der Waals surface area (Å²) in [6, 6.07) is 21.0. The lowest BCUT2D eigenvalue weighted by Gasteiger charge is -2.07. The van der Waals surface area contributed by atoms with Crippen molar-refractivity contribution >= 4 is 22.9 Å². The van der Waals surface area contributed by atoms with Gasteiger partial charge in [0.2, 0.25) is 0 Å². The first-order chi connectivity index (χ1) is 14.2. The van der Waals surface area contributed by atoms with E-state index in [2.05, 4.69) is 4.98 Å². The molecule has 144 valence electrons. The van der Waals surface area contributed by atoms with Gasteiger partial charge in [-0.3, -0.25) is 9.36 Å². The van der Waals surface area contributed by atoms with Gasteiger partial charge >= 0.3 is 0 Å². The van der Waals surface area contributed by atoms with Gasteiger partial charge in [-0.2, -0.15) is 0 Å². The van der Waals surface area contributed by atoms with Crippen molar-refractivity contribution in [3.05, 3.63) is 90.3 Å². The molecule has 0 saturated heterocycles. The molecule has 0 N–H and O–H groups in total. The van der Waals surface area contributed by atoms with Gasteiger partial charge in [-0.1, -0.05) is 24.3 Å². The van der Waals surface area contributed by atoms with Crippen molar-refractivity contribution in [2.45, 2.75) is 0 Å². The Morgan fingerprint density at radius 3 is 2.45 bits per heavy atom. The van der Waals surface area contributed by atoms with Gasteiger partial charge in [-0.15, -0.1) is 0 Å². The third-order valence-corrected chi connectivity index (χ3v) is 4.72. The molecule has 0 fully saturated rings. The Kier molecular flexibility index (Phi) is 5.12. The van der Waals surface area contributed by atoms with Crippen LogP contribution in [0, 0.1) is 0 Å². The third-order valence-electron chi connectivity index (χ3n) is 4.72. The Labute approximate surface area is 168 Å². The van der Waals surface area contributed by atoms with E-state index >= 15 is 0 Å². The smallest absolute Gasteiger partial charge is 0.185 e. The zero-order valence-corrected chi connectivity index (χ0v) is 16.2. The molecule has 0 atom stereocenters. The molecule has 0 unspecified atom stereocenters. The van der Waals surface area contributed by atoms with Crippen molar-refractivity contribution < 1.29 is 14.3 Å². The summed E-state index contributed by atoms with van der Waals surface area (Å²) in [7, 11) is 3.18. The van der Waals surface area contributed by atoms with Crippen LogP contribution in [0.2, 0.25) is 0 Å². The SMILES string of the molecule is COc1ccc(/C=C/C(=O)c2ccc(-n3cnc4ccccc43)cc2)cc1OC. The van der Waals surface area contributed by atoms with Gasteiger partial charge in [-0.25, -0.2) is 4.98 Å². The van der Waals surface area contributed by atoms with Crippen LogP contribution < -0.4 is 9.47 Å². The second-order valence-corrected chi connectivity index (χ2v) is 6.46. The number of benzene rings is 3. The number of ketones is 1. The minimum atomic E-state index is -0.0678. The van der Waals surface area contributed by atoms with Gasteiger partial charge in [0, 0.05) is 11.3 Å². The fourth-order valence-corrected chi connectivity index (χ4v) is 3.18. The van der Waals surface area contributed by atoms with Crippen LogP contribution in [0.3, 0.4) is 0 Å². The number of fused-ring (bicyclic) bond motifs is 1. The predicted octanol–water partition coefficient (Wildman–Crippen LogP) is 4.94. The second kappa shape index (κ2) is 8.02. The summed E-state index contributed by atoms with van der Waals surface area (Å²) < 4.78 is 12.5. The van der Waals surface area contributed by atoms with Crippen LogP contribution in [0.5, 0.6) is 11.5 Å². The molecule has 0 bridgehead atoms. The maximum absolute atomic E-state index is 12.5. The second-order valence-electron chi connectivity index (χ2n) is 6.46. The molecule has 0 aliphatic carbocycles. The summed E-state index contributed by atoms with van der Waals surface area (Å²) in [5, 5.41) is 0. The molecule has 5 heteroatoms. The van der Waals surface area contributed by atoms with Crippen LogP contribution in [-0.2, 0) is 0 Å². The number of hydrogen-bond acceptors (Lipinski definition) is 4. The first kappa shape index (κ1) is 18.5. The molecule has 0 amide bonds. The Bertz CT molecular complexity index is 1190. The molecule has 0 aliphatic rings. The highest BCUT2D eigenvalue weighted by Gasteiger charge is 2.07. The third kappa shape index (κ3) is 3.75. The van der Waals surface area contributed by atoms with Crippen molar-refractivity contribution in [2.75, 3.05) is 14.2 Å². The number of ether oxygens (including phenoxy) is 2. The van der Waals surface area contributed by atoms with E-state index in [1.807, 2.05) is 71.3 Å². The maximum atomic E-state index is 12.5. The Morgan fingerprint density at radius 1 is 0.931 bits per heavy atom. The largest absolute Gasteiger partial charge is 0.493 e. The van der Waals surface area contributed by atoms with Gasteiger partial charge in [0.15, 0.2) is 17.3 Å². The number of carbonyl (C=O) groups is 1. The van der Waals surface area contributed by atoms with Gasteiger partial charge < -0.3 is 9.47 Å². The number of nitrogens with zero attached hydrogens (tertiary/aromatic N) is 2. The van der Waals surface area contributed by atoms with Gasteiger partial charge in [0.25, 0.3) is 0 Å². The molecule has 29 heavy (non-hydrogen) atoms. The minimum Gasteiger partial charge on any atom is -0.493 e. The molecule has 1 aromatic heterocycles. The topological polar surface area (TPSA) is 53.4 Å². The van der Waals surface area contributed by atoms with E-state index in [1.54, 1.807) is 32.7 Å². The molecule has 0 radical (unpaired) electrons. The van der Waals surface area contributed by atoms with Crippen molar-refractivity contribution in [3.8, 4) is 17.2 Å². The van der Waals surface area contributed by atoms with Crippen LogP contribution in [0.4, 0.5) is 0 Å². The highest BCUT2D eigenvalue weighted by Crippen LogP contribution is 2.28. The minimum absolute atomic E-state index is 0.0678. The summed E-state index contributed by atoms with van der Waals surface area (Å²) >= 11 is 0. The quantitative estimate of drug-likeness (QED) is 0.349. The van der Waals surface area contributed by atoms with Crippen molar-refractivity contribution in [2.24, 2.45) is 0 Å². The summed E-state index contributed by atoms with van der Waals surface area (Å²) in [4.78, 5) is 17.0. The zero-order valence-electron chi connectivity index (χ0n) is 16.2. The Balaban J connectivity index is 1.53. The first-order valence-electron chi connectivity index (χ1n) is 9.16. The van der Waals surface area contributed by atoms with E-state index < -0.39 is 0 Å². The highest BCUT2D eigenvalue weighted by molar-refractivity contribution is 6.06.